The van der Waals surface area contributed by atoms with E-state index in [0.717, 1.165) is 19.3 Å². The molecule has 0 spiro atoms. The first kappa shape index (κ1) is 8.02. The second-order valence-corrected chi connectivity index (χ2v) is 3.55. The molecule has 1 fully saturated rings. The molecule has 2 N–H and O–H groups in total. The Hall–Kier alpha value is -0.0800. The fourth-order valence-corrected chi connectivity index (χ4v) is 1.67. The highest BCUT2D eigenvalue weighted by molar-refractivity contribution is 4.94. The van der Waals surface area contributed by atoms with Crippen LogP contribution in [0.4, 0.5) is 0 Å². The topological polar surface area (TPSA) is 40.5 Å². The van der Waals surface area contributed by atoms with Crippen molar-refractivity contribution in [3.63, 3.8) is 0 Å². The normalized spacial score (nSPS) is 41.1. The van der Waals surface area contributed by atoms with E-state index >= 15 is 0 Å². The average Bonchev–Trinajstić information content (AvgIpc) is 2.15. The molecule has 60 valence electrons. The van der Waals surface area contributed by atoms with E-state index in [9.17, 15) is 10.2 Å². The van der Waals surface area contributed by atoms with E-state index in [2.05, 4.69) is 0 Å². The predicted octanol–water partition coefficient (Wildman–Crippen LogP) is 0.918. The quantitative estimate of drug-likeness (QED) is 0.574. The molecule has 2 heteroatoms. The second-order valence-electron chi connectivity index (χ2n) is 3.55. The molecule has 0 heterocycles. The monoisotopic (exact) mass is 144 g/mol. The summed E-state index contributed by atoms with van der Waals surface area (Å²) in [5.74, 6) is 0.171. The van der Waals surface area contributed by atoms with Crippen LogP contribution in [0.15, 0.2) is 0 Å². The van der Waals surface area contributed by atoms with E-state index in [0.29, 0.717) is 0 Å². The zero-order valence-electron chi connectivity index (χ0n) is 6.67. The minimum absolute atomic E-state index is 0.171. The lowest BCUT2D eigenvalue weighted by molar-refractivity contribution is -0.0844. The van der Waals surface area contributed by atoms with E-state index in [1.807, 2.05) is 13.8 Å². The summed E-state index contributed by atoms with van der Waals surface area (Å²) in [6.07, 6.45) is 1.98. The summed E-state index contributed by atoms with van der Waals surface area (Å²) in [5.41, 5.74) is -0.792. The first-order chi connectivity index (χ1) is 4.57. The third-order valence-electron chi connectivity index (χ3n) is 2.63. The Bertz CT molecular complexity index is 122. The molecule has 0 aromatic heterocycles. The third kappa shape index (κ3) is 1.06. The minimum atomic E-state index is -0.792. The molecule has 0 aliphatic heterocycles. The fourth-order valence-electron chi connectivity index (χ4n) is 1.67. The Kier molecular flexibility index (Phi) is 2.02. The molecule has 1 aliphatic carbocycles. The van der Waals surface area contributed by atoms with Gasteiger partial charge in [-0.3, -0.25) is 0 Å². The fraction of sp³-hybridized carbons (Fsp3) is 1.00. The van der Waals surface area contributed by atoms with Gasteiger partial charge in [-0.25, -0.2) is 0 Å². The number of hydrogen-bond donors (Lipinski definition) is 2. The first-order valence-corrected chi connectivity index (χ1v) is 3.98. The van der Waals surface area contributed by atoms with Crippen molar-refractivity contribution in [2.45, 2.75) is 44.8 Å². The minimum Gasteiger partial charge on any atom is -0.390 e. The summed E-state index contributed by atoms with van der Waals surface area (Å²) in [7, 11) is 0. The number of rotatable bonds is 1. The first-order valence-electron chi connectivity index (χ1n) is 3.98. The molecule has 0 saturated heterocycles. The van der Waals surface area contributed by atoms with E-state index in [-0.39, 0.29) is 5.92 Å². The van der Waals surface area contributed by atoms with Crippen molar-refractivity contribution < 1.29 is 10.2 Å². The molecule has 2 nitrogen and oxygen atoms in total. The molecular formula is C8H16O2. The zero-order valence-corrected chi connectivity index (χ0v) is 6.67. The summed E-state index contributed by atoms with van der Waals surface area (Å²) < 4.78 is 0. The van der Waals surface area contributed by atoms with Crippen LogP contribution in [0.5, 0.6) is 0 Å². The summed E-state index contributed by atoms with van der Waals surface area (Å²) in [5, 5.41) is 19.2. The summed E-state index contributed by atoms with van der Waals surface area (Å²) in [4.78, 5) is 0. The largest absolute Gasteiger partial charge is 0.390 e. The highest BCUT2D eigenvalue weighted by Crippen LogP contribution is 2.35. The van der Waals surface area contributed by atoms with Crippen LogP contribution in [-0.4, -0.2) is 21.9 Å². The Morgan fingerprint density at radius 3 is 2.30 bits per heavy atom. The van der Waals surface area contributed by atoms with Crippen LogP contribution in [0.2, 0.25) is 0 Å². The van der Waals surface area contributed by atoms with Gasteiger partial charge in [-0.15, -0.1) is 0 Å². The molecule has 1 aliphatic rings. The van der Waals surface area contributed by atoms with Crippen molar-refractivity contribution in [1.29, 1.82) is 0 Å². The molecule has 0 bridgehead atoms. The summed E-state index contributed by atoms with van der Waals surface area (Å²) in [6, 6.07) is 0. The summed E-state index contributed by atoms with van der Waals surface area (Å²) in [6.45, 7) is 3.91. The van der Waals surface area contributed by atoms with Crippen molar-refractivity contribution in [2.24, 2.45) is 5.92 Å². The van der Waals surface area contributed by atoms with Gasteiger partial charge < -0.3 is 10.2 Å². The van der Waals surface area contributed by atoms with Gasteiger partial charge in [-0.05, 0) is 25.2 Å². The molecule has 0 aromatic carbocycles. The third-order valence-corrected chi connectivity index (χ3v) is 2.63. The zero-order chi connectivity index (χ0) is 7.78. The van der Waals surface area contributed by atoms with Gasteiger partial charge in [0.25, 0.3) is 0 Å². The second kappa shape index (κ2) is 2.51. The van der Waals surface area contributed by atoms with Crippen LogP contribution in [-0.2, 0) is 0 Å². The molecule has 2 atom stereocenters. The van der Waals surface area contributed by atoms with Crippen LogP contribution < -0.4 is 0 Å². The van der Waals surface area contributed by atoms with Gasteiger partial charge in [0.1, 0.15) is 0 Å². The van der Waals surface area contributed by atoms with Crippen LogP contribution in [0, 0.1) is 5.92 Å². The molecular weight excluding hydrogens is 128 g/mol. The molecule has 0 amide bonds. The van der Waals surface area contributed by atoms with Crippen LogP contribution in [0.25, 0.3) is 0 Å². The van der Waals surface area contributed by atoms with Crippen molar-refractivity contribution >= 4 is 0 Å². The lowest BCUT2D eigenvalue weighted by Crippen LogP contribution is -2.42. The SMILES string of the molecule is CC(C)[C@@]1(O)CCC[C@H]1O. The maximum Gasteiger partial charge on any atom is 0.0928 e. The van der Waals surface area contributed by atoms with Crippen LogP contribution in [0.3, 0.4) is 0 Å². The van der Waals surface area contributed by atoms with Gasteiger partial charge in [0.15, 0.2) is 0 Å². The van der Waals surface area contributed by atoms with E-state index < -0.39 is 11.7 Å². The molecule has 0 unspecified atom stereocenters. The van der Waals surface area contributed by atoms with Gasteiger partial charge in [-0.2, -0.15) is 0 Å². The maximum absolute atomic E-state index is 9.79. The number of aliphatic hydroxyl groups is 2. The molecule has 1 rings (SSSR count). The highest BCUT2D eigenvalue weighted by atomic mass is 16.3. The van der Waals surface area contributed by atoms with Gasteiger partial charge >= 0.3 is 0 Å². The molecule has 10 heavy (non-hydrogen) atoms. The maximum atomic E-state index is 9.79. The van der Waals surface area contributed by atoms with Gasteiger partial charge in [0.2, 0.25) is 0 Å². The van der Waals surface area contributed by atoms with Crippen LogP contribution in [0.1, 0.15) is 33.1 Å². The Morgan fingerprint density at radius 2 is 2.10 bits per heavy atom. The van der Waals surface area contributed by atoms with Crippen molar-refractivity contribution in [2.75, 3.05) is 0 Å². The Morgan fingerprint density at radius 1 is 1.50 bits per heavy atom. The lowest BCUT2D eigenvalue weighted by Gasteiger charge is -2.30. The Balaban J connectivity index is 2.66. The number of hydrogen-bond acceptors (Lipinski definition) is 2. The van der Waals surface area contributed by atoms with Crippen molar-refractivity contribution in [1.82, 2.24) is 0 Å². The number of aliphatic hydroxyl groups excluding tert-OH is 1. The Labute approximate surface area is 61.9 Å². The van der Waals surface area contributed by atoms with E-state index in [1.54, 1.807) is 0 Å². The van der Waals surface area contributed by atoms with Gasteiger partial charge in [0, 0.05) is 0 Å². The van der Waals surface area contributed by atoms with Crippen LogP contribution >= 0.6 is 0 Å². The lowest BCUT2D eigenvalue weighted by atomic mass is 9.87. The highest BCUT2D eigenvalue weighted by Gasteiger charge is 2.42. The van der Waals surface area contributed by atoms with E-state index in [4.69, 9.17) is 0 Å². The molecule has 0 radical (unpaired) electrons. The van der Waals surface area contributed by atoms with Crippen molar-refractivity contribution in [3.8, 4) is 0 Å². The van der Waals surface area contributed by atoms with Crippen molar-refractivity contribution in [3.05, 3.63) is 0 Å². The average molecular weight is 144 g/mol. The molecule has 0 aromatic rings. The van der Waals surface area contributed by atoms with E-state index in [1.165, 1.54) is 0 Å². The predicted molar refractivity (Wildman–Crippen MR) is 39.6 cm³/mol. The van der Waals surface area contributed by atoms with Gasteiger partial charge in [0.05, 0.1) is 11.7 Å². The smallest absolute Gasteiger partial charge is 0.0928 e. The molecule has 1 saturated carbocycles. The summed E-state index contributed by atoms with van der Waals surface area (Å²) >= 11 is 0. The standard InChI is InChI=1S/C8H16O2/c1-6(2)8(10)5-3-4-7(8)9/h6-7,9-10H,3-5H2,1-2H3/t7-,8+/m1/s1. The van der Waals surface area contributed by atoms with Gasteiger partial charge in [-0.1, -0.05) is 13.8 Å².